The summed E-state index contributed by atoms with van der Waals surface area (Å²) < 4.78 is 5.41. The van der Waals surface area contributed by atoms with Crippen LogP contribution in [-0.2, 0) is 4.74 Å². The summed E-state index contributed by atoms with van der Waals surface area (Å²) in [5.41, 5.74) is -0.159. The van der Waals surface area contributed by atoms with Crippen molar-refractivity contribution in [2.75, 3.05) is 20.2 Å². The Hall–Kier alpha value is -0.810. The van der Waals surface area contributed by atoms with Gasteiger partial charge in [0.2, 0.25) is 0 Å². The van der Waals surface area contributed by atoms with Crippen LogP contribution >= 0.6 is 0 Å². The van der Waals surface area contributed by atoms with E-state index < -0.39 is 6.10 Å². The lowest BCUT2D eigenvalue weighted by Crippen LogP contribution is -2.52. The molecular formula is C13H26N2O3. The second-order valence-corrected chi connectivity index (χ2v) is 5.59. The summed E-state index contributed by atoms with van der Waals surface area (Å²) in [6, 6.07) is -0.235. The molecule has 1 rings (SSSR count). The molecule has 18 heavy (non-hydrogen) atoms. The molecule has 1 unspecified atom stereocenters. The lowest BCUT2D eigenvalue weighted by atomic mass is 9.80. The van der Waals surface area contributed by atoms with Gasteiger partial charge in [-0.25, -0.2) is 4.79 Å². The highest BCUT2D eigenvalue weighted by Gasteiger charge is 2.37. The first kappa shape index (κ1) is 15.2. The Kier molecular flexibility index (Phi) is 5.88. The van der Waals surface area contributed by atoms with Crippen LogP contribution in [0.15, 0.2) is 0 Å². The van der Waals surface area contributed by atoms with Gasteiger partial charge in [0.25, 0.3) is 0 Å². The number of aliphatic hydroxyl groups excluding tert-OH is 1. The molecule has 5 nitrogen and oxygen atoms in total. The maximum atomic E-state index is 11.5. The third-order valence-electron chi connectivity index (χ3n) is 3.51. The first-order valence-electron chi connectivity index (χ1n) is 6.72. The summed E-state index contributed by atoms with van der Waals surface area (Å²) in [4.78, 5) is 11.5. The van der Waals surface area contributed by atoms with Crippen molar-refractivity contribution < 1.29 is 14.6 Å². The van der Waals surface area contributed by atoms with Crippen LogP contribution in [0.1, 0.15) is 39.5 Å². The summed E-state index contributed by atoms with van der Waals surface area (Å²) in [5.74, 6) is 0.427. The fourth-order valence-electron chi connectivity index (χ4n) is 2.17. The minimum absolute atomic E-state index is 0.159. The minimum Gasteiger partial charge on any atom is -0.391 e. The van der Waals surface area contributed by atoms with Crippen LogP contribution in [0.2, 0.25) is 0 Å². The van der Waals surface area contributed by atoms with Gasteiger partial charge >= 0.3 is 6.03 Å². The summed E-state index contributed by atoms with van der Waals surface area (Å²) in [6.07, 6.45) is 3.38. The molecule has 3 N–H and O–H groups in total. The predicted molar refractivity (Wildman–Crippen MR) is 70.5 cm³/mol. The molecule has 0 aliphatic heterocycles. The van der Waals surface area contributed by atoms with Gasteiger partial charge in [0, 0.05) is 20.2 Å². The Morgan fingerprint density at radius 2 is 2.06 bits per heavy atom. The minimum atomic E-state index is -0.476. The Morgan fingerprint density at radius 1 is 1.39 bits per heavy atom. The van der Waals surface area contributed by atoms with Crippen molar-refractivity contribution in [3.8, 4) is 0 Å². The van der Waals surface area contributed by atoms with Crippen molar-refractivity contribution in [3.05, 3.63) is 0 Å². The summed E-state index contributed by atoms with van der Waals surface area (Å²) in [7, 11) is 1.69. The Labute approximate surface area is 109 Å². The van der Waals surface area contributed by atoms with Crippen molar-refractivity contribution in [1.82, 2.24) is 10.6 Å². The largest absolute Gasteiger partial charge is 0.391 e. The van der Waals surface area contributed by atoms with E-state index in [-0.39, 0.29) is 11.6 Å². The number of carbonyl (C=O) groups excluding carboxylic acids is 1. The van der Waals surface area contributed by atoms with Crippen LogP contribution in [0.3, 0.4) is 0 Å². The standard InChI is InChI=1S/C13H26N2O3/c1-10(2)7-11(16)8-14-12(17)15-9-13(18-3)5-4-6-13/h10-11,16H,4-9H2,1-3H3,(H2,14,15,17). The van der Waals surface area contributed by atoms with E-state index in [9.17, 15) is 9.90 Å². The second-order valence-electron chi connectivity index (χ2n) is 5.59. The number of rotatable bonds is 7. The fourth-order valence-corrected chi connectivity index (χ4v) is 2.17. The van der Waals surface area contributed by atoms with E-state index in [0.29, 0.717) is 25.4 Å². The van der Waals surface area contributed by atoms with Crippen LogP contribution < -0.4 is 10.6 Å². The molecule has 1 fully saturated rings. The molecule has 5 heteroatoms. The van der Waals surface area contributed by atoms with E-state index in [1.807, 2.05) is 13.8 Å². The zero-order chi connectivity index (χ0) is 13.6. The molecule has 0 saturated heterocycles. The summed E-state index contributed by atoms with van der Waals surface area (Å²) in [5, 5.41) is 15.1. The third-order valence-corrected chi connectivity index (χ3v) is 3.51. The van der Waals surface area contributed by atoms with Crippen LogP contribution in [0.4, 0.5) is 4.79 Å². The van der Waals surface area contributed by atoms with Crippen LogP contribution in [0, 0.1) is 5.92 Å². The number of hydrogen-bond donors (Lipinski definition) is 3. The van der Waals surface area contributed by atoms with E-state index in [2.05, 4.69) is 10.6 Å². The highest BCUT2D eigenvalue weighted by molar-refractivity contribution is 5.73. The fraction of sp³-hybridized carbons (Fsp3) is 0.923. The first-order chi connectivity index (χ1) is 8.47. The molecule has 0 spiro atoms. The van der Waals surface area contributed by atoms with Gasteiger partial charge in [-0.05, 0) is 31.6 Å². The normalized spacial score (nSPS) is 19.2. The van der Waals surface area contributed by atoms with Crippen LogP contribution in [-0.4, -0.2) is 43.0 Å². The van der Waals surface area contributed by atoms with E-state index >= 15 is 0 Å². The third kappa shape index (κ3) is 4.82. The molecule has 0 aromatic heterocycles. The molecule has 0 aromatic carbocycles. The Balaban J connectivity index is 2.14. The number of carbonyl (C=O) groups is 1. The van der Waals surface area contributed by atoms with Crippen LogP contribution in [0.25, 0.3) is 0 Å². The number of nitrogens with one attached hydrogen (secondary N) is 2. The lowest BCUT2D eigenvalue weighted by molar-refractivity contribution is -0.0674. The van der Waals surface area contributed by atoms with Gasteiger partial charge in [0.1, 0.15) is 0 Å². The van der Waals surface area contributed by atoms with Gasteiger partial charge in [0.05, 0.1) is 11.7 Å². The Morgan fingerprint density at radius 3 is 2.50 bits per heavy atom. The van der Waals surface area contributed by atoms with Gasteiger partial charge in [-0.1, -0.05) is 13.8 Å². The molecule has 0 bridgehead atoms. The number of methoxy groups -OCH3 is 1. The molecule has 1 saturated carbocycles. The molecule has 1 aliphatic rings. The summed E-state index contributed by atoms with van der Waals surface area (Å²) >= 11 is 0. The quantitative estimate of drug-likeness (QED) is 0.644. The SMILES string of the molecule is COC1(CNC(=O)NCC(O)CC(C)C)CCC1. The van der Waals surface area contributed by atoms with Crippen molar-refractivity contribution >= 4 is 6.03 Å². The van der Waals surface area contributed by atoms with Crippen molar-refractivity contribution in [3.63, 3.8) is 0 Å². The van der Waals surface area contributed by atoms with Crippen molar-refractivity contribution in [2.45, 2.75) is 51.2 Å². The maximum absolute atomic E-state index is 11.5. The number of amides is 2. The van der Waals surface area contributed by atoms with E-state index in [0.717, 1.165) is 19.3 Å². The highest BCUT2D eigenvalue weighted by Crippen LogP contribution is 2.34. The topological polar surface area (TPSA) is 70.6 Å². The zero-order valence-corrected chi connectivity index (χ0v) is 11.7. The molecule has 0 radical (unpaired) electrons. The van der Waals surface area contributed by atoms with Gasteiger partial charge in [-0.3, -0.25) is 0 Å². The smallest absolute Gasteiger partial charge is 0.314 e. The molecule has 1 atom stereocenters. The predicted octanol–water partition coefficient (Wildman–Crippen LogP) is 1.26. The molecule has 106 valence electrons. The van der Waals surface area contributed by atoms with Gasteiger partial charge in [-0.15, -0.1) is 0 Å². The number of aliphatic hydroxyl groups is 1. The summed E-state index contributed by atoms with van der Waals surface area (Å²) in [6.45, 7) is 4.92. The average Bonchev–Trinajstić information content (AvgIpc) is 2.24. The van der Waals surface area contributed by atoms with Gasteiger partial charge in [0.15, 0.2) is 0 Å². The monoisotopic (exact) mass is 258 g/mol. The van der Waals surface area contributed by atoms with Crippen molar-refractivity contribution in [1.29, 1.82) is 0 Å². The second kappa shape index (κ2) is 6.95. The molecular weight excluding hydrogens is 232 g/mol. The molecule has 0 heterocycles. The highest BCUT2D eigenvalue weighted by atomic mass is 16.5. The van der Waals surface area contributed by atoms with E-state index in [1.165, 1.54) is 0 Å². The van der Waals surface area contributed by atoms with E-state index in [4.69, 9.17) is 4.74 Å². The zero-order valence-electron chi connectivity index (χ0n) is 11.7. The van der Waals surface area contributed by atoms with Crippen molar-refractivity contribution in [2.24, 2.45) is 5.92 Å². The molecule has 1 aliphatic carbocycles. The lowest BCUT2D eigenvalue weighted by Gasteiger charge is -2.40. The molecule has 0 aromatic rings. The molecule has 2 amide bonds. The number of ether oxygens (including phenoxy) is 1. The van der Waals surface area contributed by atoms with Gasteiger partial charge < -0.3 is 20.5 Å². The Bertz CT molecular complexity index is 259. The van der Waals surface area contributed by atoms with Gasteiger partial charge in [-0.2, -0.15) is 0 Å². The first-order valence-corrected chi connectivity index (χ1v) is 6.72. The van der Waals surface area contributed by atoms with E-state index in [1.54, 1.807) is 7.11 Å². The number of hydrogen-bond acceptors (Lipinski definition) is 3. The number of urea groups is 1. The average molecular weight is 258 g/mol. The van der Waals surface area contributed by atoms with Crippen LogP contribution in [0.5, 0.6) is 0 Å². The maximum Gasteiger partial charge on any atom is 0.314 e.